The summed E-state index contributed by atoms with van der Waals surface area (Å²) in [5.74, 6) is -1.37. The Balaban J connectivity index is 1.20. The lowest BCUT2D eigenvalue weighted by Crippen LogP contribution is -2.56. The van der Waals surface area contributed by atoms with Crippen LogP contribution >= 0.6 is 11.3 Å². The van der Waals surface area contributed by atoms with Crippen LogP contribution in [0.5, 0.6) is 11.5 Å². The molecule has 5 atom stereocenters. The first-order valence-electron chi connectivity index (χ1n) is 19.4. The molecule has 2 aliphatic carbocycles. The molecule has 4 heterocycles. The Kier molecular flexibility index (Phi) is 11.5. The summed E-state index contributed by atoms with van der Waals surface area (Å²) in [6.45, 7) is 4.11. The normalized spacial score (nSPS) is 26.7. The van der Waals surface area contributed by atoms with Gasteiger partial charge in [-0.2, -0.15) is 0 Å². The predicted molar refractivity (Wildman–Crippen MR) is 207 cm³/mol. The van der Waals surface area contributed by atoms with Gasteiger partial charge in [0.25, 0.3) is 0 Å². The van der Waals surface area contributed by atoms with Gasteiger partial charge in [-0.1, -0.05) is 25.0 Å². The third kappa shape index (κ3) is 8.66. The number of carboxylic acids is 1. The van der Waals surface area contributed by atoms with Crippen LogP contribution in [0, 0.1) is 5.92 Å². The molecule has 0 spiro atoms. The van der Waals surface area contributed by atoms with Crippen LogP contribution in [0.4, 0.5) is 9.93 Å². The van der Waals surface area contributed by atoms with Crippen molar-refractivity contribution in [2.24, 2.45) is 5.92 Å². The molecule has 2 saturated carbocycles. The molecule has 2 aromatic heterocycles. The van der Waals surface area contributed by atoms with Crippen molar-refractivity contribution >= 4 is 51.2 Å². The minimum Gasteiger partial charge on any atom is -0.497 e. The lowest BCUT2D eigenvalue weighted by molar-refractivity contribution is -0.145. The number of methoxy groups -OCH3 is 1. The van der Waals surface area contributed by atoms with E-state index in [0.29, 0.717) is 46.6 Å². The number of ether oxygens (including phenoxy) is 3. The number of thiazole rings is 1. The van der Waals surface area contributed by atoms with Crippen molar-refractivity contribution in [2.45, 2.75) is 120 Å². The van der Waals surface area contributed by atoms with Gasteiger partial charge in [0.2, 0.25) is 11.8 Å². The number of pyridine rings is 1. The standard InChI is InChI=1S/C40H50N6O8S/c1-23(2)41-38-43-32(22-55-38)31-19-34(28-16-15-26(52-3)17-30(28)42-31)53-27-18-33-35(47)45-40(37(49)50)20-24(40)11-7-5-4-6-8-14-29(36(48)46(33)21-27)44-39(51)54-25-12-9-10-13-25/h7,11,15-17,19,22-25,27,29,33H,4-6,8-10,12-14,18,20-21H2,1-3H3,(H,41,43)(H,44,51)(H,45,47)(H,49,50)/b11-7-/t24-,27-,29+,33?,40-/m1/s1. The van der Waals surface area contributed by atoms with E-state index in [1.54, 1.807) is 7.11 Å². The maximum Gasteiger partial charge on any atom is 0.408 e. The Labute approximate surface area is 324 Å². The van der Waals surface area contributed by atoms with E-state index in [4.69, 9.17) is 24.2 Å². The van der Waals surface area contributed by atoms with Crippen LogP contribution in [0.1, 0.15) is 84.5 Å². The fourth-order valence-corrected chi connectivity index (χ4v) is 8.75. The molecule has 3 amide bonds. The van der Waals surface area contributed by atoms with E-state index in [9.17, 15) is 24.3 Å². The van der Waals surface area contributed by atoms with Gasteiger partial charge in [0.05, 0.1) is 24.9 Å². The highest BCUT2D eigenvalue weighted by Gasteiger charge is 2.61. The van der Waals surface area contributed by atoms with E-state index in [2.05, 4.69) is 16.0 Å². The second kappa shape index (κ2) is 16.4. The average Bonchev–Trinajstić information content (AvgIpc) is 3.58. The summed E-state index contributed by atoms with van der Waals surface area (Å²) in [6, 6.07) is 5.50. The van der Waals surface area contributed by atoms with Crippen LogP contribution in [-0.2, 0) is 19.1 Å². The number of alkyl carbamates (subject to hydrolysis) is 1. The molecular formula is C40H50N6O8S. The molecule has 55 heavy (non-hydrogen) atoms. The highest BCUT2D eigenvalue weighted by Crippen LogP contribution is 2.45. The summed E-state index contributed by atoms with van der Waals surface area (Å²) in [4.78, 5) is 65.5. The number of carboxylic acid groups (broad SMARTS) is 1. The molecule has 0 radical (unpaired) electrons. The average molecular weight is 775 g/mol. The van der Waals surface area contributed by atoms with Crippen molar-refractivity contribution in [3.8, 4) is 22.9 Å². The summed E-state index contributed by atoms with van der Waals surface area (Å²) in [6.07, 6.45) is 9.71. The number of benzene rings is 1. The van der Waals surface area contributed by atoms with Gasteiger partial charge in [0.1, 0.15) is 47.0 Å². The van der Waals surface area contributed by atoms with Crippen LogP contribution < -0.4 is 25.4 Å². The van der Waals surface area contributed by atoms with Crippen LogP contribution in [0.3, 0.4) is 0 Å². The number of aromatic nitrogens is 2. The first kappa shape index (κ1) is 38.4. The molecular weight excluding hydrogens is 725 g/mol. The van der Waals surface area contributed by atoms with Gasteiger partial charge in [-0.3, -0.25) is 9.59 Å². The third-order valence-corrected chi connectivity index (χ3v) is 11.7. The Morgan fingerprint density at radius 2 is 1.84 bits per heavy atom. The number of anilines is 1. The number of rotatable bonds is 9. The van der Waals surface area contributed by atoms with E-state index in [1.807, 2.05) is 55.6 Å². The molecule has 15 heteroatoms. The zero-order valence-corrected chi connectivity index (χ0v) is 32.4. The van der Waals surface area contributed by atoms with Crippen molar-refractivity contribution in [1.82, 2.24) is 25.5 Å². The van der Waals surface area contributed by atoms with Gasteiger partial charge >= 0.3 is 12.1 Å². The van der Waals surface area contributed by atoms with Crippen molar-refractivity contribution in [2.75, 3.05) is 19.0 Å². The molecule has 1 unspecified atom stereocenters. The van der Waals surface area contributed by atoms with Crippen molar-refractivity contribution in [3.05, 3.63) is 41.8 Å². The highest BCUT2D eigenvalue weighted by molar-refractivity contribution is 7.14. The Morgan fingerprint density at radius 3 is 2.60 bits per heavy atom. The van der Waals surface area contributed by atoms with E-state index in [-0.39, 0.29) is 37.5 Å². The second-order valence-electron chi connectivity index (χ2n) is 15.4. The van der Waals surface area contributed by atoms with E-state index < -0.39 is 47.6 Å². The van der Waals surface area contributed by atoms with Crippen LogP contribution in [0.25, 0.3) is 22.3 Å². The number of nitrogens with one attached hydrogen (secondary N) is 3. The van der Waals surface area contributed by atoms with Crippen molar-refractivity contribution in [1.29, 1.82) is 0 Å². The molecule has 2 aliphatic heterocycles. The summed E-state index contributed by atoms with van der Waals surface area (Å²) in [5.41, 5.74) is 0.394. The summed E-state index contributed by atoms with van der Waals surface area (Å²) < 4.78 is 17.9. The zero-order valence-electron chi connectivity index (χ0n) is 31.5. The Morgan fingerprint density at radius 1 is 1.04 bits per heavy atom. The largest absolute Gasteiger partial charge is 0.497 e. The first-order valence-corrected chi connectivity index (χ1v) is 20.3. The zero-order chi connectivity index (χ0) is 38.7. The summed E-state index contributed by atoms with van der Waals surface area (Å²) in [5, 5.41) is 22.6. The number of hydrogen-bond acceptors (Lipinski definition) is 11. The minimum atomic E-state index is -1.45. The van der Waals surface area contributed by atoms with Crippen molar-refractivity contribution < 1.29 is 38.5 Å². The van der Waals surface area contributed by atoms with E-state index in [0.717, 1.165) is 50.1 Å². The number of carbonyl (C=O) groups is 4. The highest BCUT2D eigenvalue weighted by atomic mass is 32.1. The molecule has 14 nitrogen and oxygen atoms in total. The van der Waals surface area contributed by atoms with Gasteiger partial charge in [-0.15, -0.1) is 11.3 Å². The fraction of sp³-hybridized carbons (Fsp3) is 0.550. The number of hydrogen-bond donors (Lipinski definition) is 4. The molecule has 3 fully saturated rings. The second-order valence-corrected chi connectivity index (χ2v) is 16.2. The molecule has 1 saturated heterocycles. The molecule has 7 rings (SSSR count). The van der Waals surface area contributed by atoms with Crippen LogP contribution in [0.15, 0.2) is 41.8 Å². The maximum absolute atomic E-state index is 14.5. The van der Waals surface area contributed by atoms with E-state index >= 15 is 0 Å². The molecule has 3 aromatic rings. The van der Waals surface area contributed by atoms with Gasteiger partial charge < -0.3 is 40.2 Å². The number of carbonyl (C=O) groups excluding carboxylic acids is 3. The number of aliphatic carboxylic acids is 1. The Hall–Kier alpha value is -4.92. The summed E-state index contributed by atoms with van der Waals surface area (Å²) in [7, 11) is 1.58. The smallest absolute Gasteiger partial charge is 0.408 e. The van der Waals surface area contributed by atoms with E-state index in [1.165, 1.54) is 16.2 Å². The third-order valence-electron chi connectivity index (χ3n) is 10.9. The lowest BCUT2D eigenvalue weighted by Gasteiger charge is -2.29. The SMILES string of the molecule is COc1ccc2c(O[C@@H]3CC4C(=O)N[C@]5(C(=O)O)C[C@H]5/C=C\CCCCC[C@H](NC(=O)OC5CCCC5)C(=O)N4C3)cc(-c3csc(NC(C)C)n3)nc2c1. The topological polar surface area (TPSA) is 181 Å². The lowest BCUT2D eigenvalue weighted by atomic mass is 10.0. The van der Waals surface area contributed by atoms with Gasteiger partial charge in [0, 0.05) is 41.3 Å². The van der Waals surface area contributed by atoms with Gasteiger partial charge in [-0.05, 0) is 77.3 Å². The van der Waals surface area contributed by atoms with Gasteiger partial charge in [-0.25, -0.2) is 19.6 Å². The first-order chi connectivity index (χ1) is 26.5. The molecule has 1 aromatic carbocycles. The molecule has 294 valence electrons. The molecule has 4 N–H and O–H groups in total. The quantitative estimate of drug-likeness (QED) is 0.186. The number of amides is 3. The van der Waals surface area contributed by atoms with Crippen molar-refractivity contribution in [3.63, 3.8) is 0 Å². The maximum atomic E-state index is 14.5. The molecule has 4 aliphatic rings. The Bertz CT molecular complexity index is 1940. The number of allylic oxidation sites excluding steroid dienone is 1. The minimum absolute atomic E-state index is 0.0324. The van der Waals surface area contributed by atoms with Crippen LogP contribution in [0.2, 0.25) is 0 Å². The summed E-state index contributed by atoms with van der Waals surface area (Å²) >= 11 is 1.47. The van der Waals surface area contributed by atoms with Crippen LogP contribution in [-0.4, -0.2) is 93.4 Å². The van der Waals surface area contributed by atoms with Gasteiger partial charge in [0.15, 0.2) is 5.13 Å². The number of nitrogens with zero attached hydrogens (tertiary/aromatic N) is 3. The fourth-order valence-electron chi connectivity index (χ4n) is 7.90. The monoisotopic (exact) mass is 774 g/mol. The molecule has 0 bridgehead atoms. The predicted octanol–water partition coefficient (Wildman–Crippen LogP) is 6.05. The number of fused-ring (bicyclic) bond motifs is 3.